The Labute approximate surface area is 91.7 Å². The van der Waals surface area contributed by atoms with Gasteiger partial charge in [-0.2, -0.15) is 26.3 Å². The lowest BCUT2D eigenvalue weighted by atomic mass is 10.0. The molecule has 0 amide bonds. The molecule has 0 fully saturated rings. The topological polar surface area (TPSA) is 46.2 Å². The molecule has 0 aliphatic rings. The van der Waals surface area contributed by atoms with Gasteiger partial charge >= 0.3 is 12.4 Å². The van der Waals surface area contributed by atoms with E-state index in [0.29, 0.717) is 0 Å². The molecule has 0 aliphatic heterocycles. The summed E-state index contributed by atoms with van der Waals surface area (Å²) in [6, 6.07) is 0.239. The standard InChI is InChI=1S/C9H7F6NO/c10-8(11,12)5-1-4(3-16)7(17)2-6(5)9(13,14)15/h1-2,17H,3,16H2. The Morgan fingerprint density at radius 3 is 1.71 bits per heavy atom. The molecule has 0 aliphatic carbocycles. The second-order valence-electron chi connectivity index (χ2n) is 3.23. The Morgan fingerprint density at radius 2 is 1.35 bits per heavy atom. The van der Waals surface area contributed by atoms with Gasteiger partial charge in [0.05, 0.1) is 11.1 Å². The van der Waals surface area contributed by atoms with E-state index >= 15 is 0 Å². The molecule has 0 bridgehead atoms. The summed E-state index contributed by atoms with van der Waals surface area (Å²) in [4.78, 5) is 0. The fourth-order valence-corrected chi connectivity index (χ4v) is 1.27. The van der Waals surface area contributed by atoms with E-state index in [4.69, 9.17) is 10.8 Å². The average Bonchev–Trinajstić information content (AvgIpc) is 2.14. The molecule has 1 rings (SSSR count). The summed E-state index contributed by atoms with van der Waals surface area (Å²) >= 11 is 0. The van der Waals surface area contributed by atoms with Crippen LogP contribution in [-0.4, -0.2) is 5.11 Å². The SMILES string of the molecule is NCc1cc(C(F)(F)F)c(C(F)(F)F)cc1O. The minimum atomic E-state index is -5.20. The van der Waals surface area contributed by atoms with Crippen molar-refractivity contribution in [3.8, 4) is 5.75 Å². The Hall–Kier alpha value is -1.44. The second-order valence-corrected chi connectivity index (χ2v) is 3.23. The van der Waals surface area contributed by atoms with Gasteiger partial charge in [-0.05, 0) is 12.1 Å². The second kappa shape index (κ2) is 4.10. The molecule has 0 radical (unpaired) electrons. The summed E-state index contributed by atoms with van der Waals surface area (Å²) in [6.07, 6.45) is -10.4. The molecule has 3 N–H and O–H groups in total. The Morgan fingerprint density at radius 1 is 0.941 bits per heavy atom. The molecule has 0 saturated heterocycles. The highest BCUT2D eigenvalue weighted by Gasteiger charge is 2.43. The van der Waals surface area contributed by atoms with Crippen LogP contribution in [-0.2, 0) is 18.9 Å². The first-order valence-corrected chi connectivity index (χ1v) is 4.27. The predicted molar refractivity (Wildman–Crippen MR) is 46.0 cm³/mol. The lowest BCUT2D eigenvalue weighted by Crippen LogP contribution is -2.17. The predicted octanol–water partition coefficient (Wildman–Crippen LogP) is 2.89. The third-order valence-corrected chi connectivity index (χ3v) is 2.05. The molecule has 0 saturated carbocycles. The van der Waals surface area contributed by atoms with E-state index in [2.05, 4.69) is 0 Å². The van der Waals surface area contributed by atoms with E-state index < -0.39 is 41.3 Å². The summed E-state index contributed by atoms with van der Waals surface area (Å²) in [5, 5.41) is 9.10. The molecule has 96 valence electrons. The Bertz CT molecular complexity index is 423. The maximum atomic E-state index is 12.4. The van der Waals surface area contributed by atoms with Gasteiger partial charge in [-0.3, -0.25) is 0 Å². The molecule has 0 aromatic heterocycles. The van der Waals surface area contributed by atoms with Gasteiger partial charge in [-0.25, -0.2) is 0 Å². The van der Waals surface area contributed by atoms with Crippen molar-refractivity contribution in [2.45, 2.75) is 18.9 Å². The quantitative estimate of drug-likeness (QED) is 0.762. The number of rotatable bonds is 1. The number of alkyl halides is 6. The number of phenolic OH excluding ortho intramolecular Hbond substituents is 1. The maximum absolute atomic E-state index is 12.4. The van der Waals surface area contributed by atoms with E-state index in [1.807, 2.05) is 0 Å². The molecule has 1 aromatic carbocycles. The lowest BCUT2D eigenvalue weighted by molar-refractivity contribution is -0.162. The molecule has 1 aromatic rings. The zero-order chi connectivity index (χ0) is 13.4. The van der Waals surface area contributed by atoms with Crippen LogP contribution in [0.4, 0.5) is 26.3 Å². The monoisotopic (exact) mass is 259 g/mol. The summed E-state index contributed by atoms with van der Waals surface area (Å²) in [5.41, 5.74) is 0.827. The summed E-state index contributed by atoms with van der Waals surface area (Å²) < 4.78 is 74.3. The normalized spacial score (nSPS) is 12.9. The van der Waals surface area contributed by atoms with Gasteiger partial charge in [0.1, 0.15) is 5.75 Å². The van der Waals surface area contributed by atoms with E-state index in [1.165, 1.54) is 0 Å². The number of halogens is 6. The van der Waals surface area contributed by atoms with E-state index in [0.717, 1.165) is 0 Å². The first-order valence-electron chi connectivity index (χ1n) is 4.27. The van der Waals surface area contributed by atoms with Gasteiger partial charge in [0.2, 0.25) is 0 Å². The smallest absolute Gasteiger partial charge is 0.417 e. The fraction of sp³-hybridized carbons (Fsp3) is 0.333. The highest BCUT2D eigenvalue weighted by Crippen LogP contribution is 2.42. The van der Waals surface area contributed by atoms with Crippen LogP contribution in [0.3, 0.4) is 0 Å². The van der Waals surface area contributed by atoms with E-state index in [-0.39, 0.29) is 12.1 Å². The van der Waals surface area contributed by atoms with Crippen LogP contribution in [0.2, 0.25) is 0 Å². The number of hydrogen-bond acceptors (Lipinski definition) is 2. The first-order chi connectivity index (χ1) is 7.57. The number of phenols is 1. The number of benzene rings is 1. The summed E-state index contributed by atoms with van der Waals surface area (Å²) in [6.45, 7) is -0.493. The highest BCUT2D eigenvalue weighted by atomic mass is 19.4. The Balaban J connectivity index is 3.54. The van der Waals surface area contributed by atoms with Crippen molar-refractivity contribution in [1.29, 1.82) is 0 Å². The van der Waals surface area contributed by atoms with Crippen molar-refractivity contribution >= 4 is 0 Å². The van der Waals surface area contributed by atoms with Crippen LogP contribution in [0.1, 0.15) is 16.7 Å². The molecule has 0 unspecified atom stereocenters. The van der Waals surface area contributed by atoms with Crippen molar-refractivity contribution < 1.29 is 31.4 Å². The van der Waals surface area contributed by atoms with Gasteiger partial charge in [-0.1, -0.05) is 0 Å². The molecule has 8 heteroatoms. The van der Waals surface area contributed by atoms with Gasteiger partial charge < -0.3 is 10.8 Å². The van der Waals surface area contributed by atoms with Crippen LogP contribution < -0.4 is 5.73 Å². The first kappa shape index (κ1) is 13.6. The molecule has 0 atom stereocenters. The van der Waals surface area contributed by atoms with Crippen molar-refractivity contribution in [3.05, 3.63) is 28.8 Å². The van der Waals surface area contributed by atoms with Crippen LogP contribution >= 0.6 is 0 Å². The van der Waals surface area contributed by atoms with Gasteiger partial charge in [0, 0.05) is 12.1 Å². The highest BCUT2D eigenvalue weighted by molar-refractivity contribution is 5.44. The maximum Gasteiger partial charge on any atom is 0.417 e. The lowest BCUT2D eigenvalue weighted by Gasteiger charge is -2.17. The third-order valence-electron chi connectivity index (χ3n) is 2.05. The summed E-state index contributed by atoms with van der Waals surface area (Å²) in [5.74, 6) is -0.909. The van der Waals surface area contributed by atoms with Crippen molar-refractivity contribution in [1.82, 2.24) is 0 Å². The zero-order valence-corrected chi connectivity index (χ0v) is 8.15. The van der Waals surface area contributed by atoms with Crippen LogP contribution in [0.5, 0.6) is 5.75 Å². The largest absolute Gasteiger partial charge is 0.508 e. The van der Waals surface area contributed by atoms with Crippen LogP contribution in [0.25, 0.3) is 0 Å². The molecule has 17 heavy (non-hydrogen) atoms. The number of nitrogens with two attached hydrogens (primary N) is 1. The van der Waals surface area contributed by atoms with Gasteiger partial charge in [0.15, 0.2) is 0 Å². The minimum absolute atomic E-state index is 0.0328. The fourth-order valence-electron chi connectivity index (χ4n) is 1.27. The van der Waals surface area contributed by atoms with E-state index in [1.54, 1.807) is 0 Å². The molecule has 0 heterocycles. The van der Waals surface area contributed by atoms with Crippen LogP contribution in [0, 0.1) is 0 Å². The van der Waals surface area contributed by atoms with Crippen molar-refractivity contribution in [2.75, 3.05) is 0 Å². The van der Waals surface area contributed by atoms with Gasteiger partial charge in [0.25, 0.3) is 0 Å². The zero-order valence-electron chi connectivity index (χ0n) is 8.15. The molecular formula is C9H7F6NO. The average molecular weight is 259 g/mol. The molecular weight excluding hydrogens is 252 g/mol. The molecule has 2 nitrogen and oxygen atoms in total. The molecule has 0 spiro atoms. The number of hydrogen-bond donors (Lipinski definition) is 2. The summed E-state index contributed by atoms with van der Waals surface area (Å²) in [7, 11) is 0. The minimum Gasteiger partial charge on any atom is -0.508 e. The number of aromatic hydroxyl groups is 1. The van der Waals surface area contributed by atoms with Crippen molar-refractivity contribution in [2.24, 2.45) is 5.73 Å². The van der Waals surface area contributed by atoms with E-state index in [9.17, 15) is 26.3 Å². The van der Waals surface area contributed by atoms with Crippen molar-refractivity contribution in [3.63, 3.8) is 0 Å². The van der Waals surface area contributed by atoms with Gasteiger partial charge in [-0.15, -0.1) is 0 Å². The Kier molecular flexibility index (Phi) is 3.28. The third kappa shape index (κ3) is 2.82. The van der Waals surface area contributed by atoms with Crippen LogP contribution in [0.15, 0.2) is 12.1 Å².